The Morgan fingerprint density at radius 1 is 1.00 bits per heavy atom. The maximum atomic E-state index is 5.21. The van der Waals surface area contributed by atoms with Crippen LogP contribution in [0.1, 0.15) is 24.1 Å². The van der Waals surface area contributed by atoms with Gasteiger partial charge in [0, 0.05) is 6.04 Å². The molecule has 0 spiro atoms. The first-order valence-corrected chi connectivity index (χ1v) is 6.74. The van der Waals surface area contributed by atoms with Crippen molar-refractivity contribution in [3.05, 3.63) is 65.7 Å². The van der Waals surface area contributed by atoms with Gasteiger partial charge < -0.3 is 10.1 Å². The van der Waals surface area contributed by atoms with Gasteiger partial charge in [-0.15, -0.1) is 12.4 Å². The van der Waals surface area contributed by atoms with Crippen LogP contribution in [0.15, 0.2) is 54.6 Å². The third-order valence-corrected chi connectivity index (χ3v) is 3.25. The molecule has 3 heteroatoms. The van der Waals surface area contributed by atoms with Crippen LogP contribution in [0.4, 0.5) is 0 Å². The molecule has 0 aliphatic rings. The molecule has 20 heavy (non-hydrogen) atoms. The lowest BCUT2D eigenvalue weighted by Gasteiger charge is -2.19. The molecular weight excluding hydrogens is 270 g/mol. The largest absolute Gasteiger partial charge is 0.497 e. The zero-order chi connectivity index (χ0) is 13.5. The van der Waals surface area contributed by atoms with Crippen LogP contribution >= 0.6 is 12.4 Å². The highest BCUT2D eigenvalue weighted by molar-refractivity contribution is 5.85. The maximum absolute atomic E-state index is 5.21. The highest BCUT2D eigenvalue weighted by Crippen LogP contribution is 2.21. The molecule has 0 heterocycles. The van der Waals surface area contributed by atoms with Crippen LogP contribution in [-0.2, 0) is 6.42 Å². The topological polar surface area (TPSA) is 21.3 Å². The Balaban J connectivity index is 0.00000200. The number of hydrogen-bond acceptors (Lipinski definition) is 2. The van der Waals surface area contributed by atoms with Crippen molar-refractivity contribution in [1.29, 1.82) is 0 Å². The van der Waals surface area contributed by atoms with Crippen LogP contribution in [-0.4, -0.2) is 13.7 Å². The summed E-state index contributed by atoms with van der Waals surface area (Å²) in [6, 6.07) is 19.2. The van der Waals surface area contributed by atoms with E-state index in [0.29, 0.717) is 6.04 Å². The summed E-state index contributed by atoms with van der Waals surface area (Å²) in [7, 11) is 1.70. The van der Waals surface area contributed by atoms with Gasteiger partial charge in [-0.25, -0.2) is 0 Å². The zero-order valence-corrected chi connectivity index (χ0v) is 12.8. The van der Waals surface area contributed by atoms with E-state index in [1.165, 1.54) is 11.1 Å². The first kappa shape index (κ1) is 16.5. The van der Waals surface area contributed by atoms with Crippen molar-refractivity contribution in [3.8, 4) is 5.75 Å². The summed E-state index contributed by atoms with van der Waals surface area (Å²) in [6.45, 7) is 3.10. The number of benzene rings is 2. The molecule has 0 bridgehead atoms. The van der Waals surface area contributed by atoms with Crippen molar-refractivity contribution in [2.45, 2.75) is 19.4 Å². The fourth-order valence-electron chi connectivity index (χ4n) is 2.24. The fourth-order valence-corrected chi connectivity index (χ4v) is 2.24. The molecule has 0 aliphatic carbocycles. The molecule has 108 valence electrons. The standard InChI is InChI=1S/C17H21NO.ClH/c1-3-18-17(13-14-7-5-4-6-8-14)15-9-11-16(19-2)12-10-15;/h4-12,17-18H,3,13H2,1-2H3;1H. The molecule has 2 rings (SSSR count). The van der Waals surface area contributed by atoms with E-state index in [1.54, 1.807) is 7.11 Å². The Morgan fingerprint density at radius 3 is 2.20 bits per heavy atom. The van der Waals surface area contributed by atoms with Gasteiger partial charge >= 0.3 is 0 Å². The lowest BCUT2D eigenvalue weighted by atomic mass is 9.99. The highest BCUT2D eigenvalue weighted by atomic mass is 35.5. The lowest BCUT2D eigenvalue weighted by molar-refractivity contribution is 0.414. The summed E-state index contributed by atoms with van der Waals surface area (Å²) < 4.78 is 5.21. The van der Waals surface area contributed by atoms with Crippen LogP contribution in [0.2, 0.25) is 0 Å². The van der Waals surface area contributed by atoms with Gasteiger partial charge in [0.1, 0.15) is 5.75 Å². The Labute approximate surface area is 127 Å². The summed E-state index contributed by atoms with van der Waals surface area (Å²) in [5, 5.41) is 3.54. The second-order valence-electron chi connectivity index (χ2n) is 4.57. The van der Waals surface area contributed by atoms with E-state index in [2.05, 4.69) is 54.7 Å². The number of halogens is 1. The SMILES string of the molecule is CCNC(Cc1ccccc1)c1ccc(OC)cc1.Cl. The molecular formula is C17H22ClNO. The van der Waals surface area contributed by atoms with Gasteiger partial charge in [0.25, 0.3) is 0 Å². The van der Waals surface area contributed by atoms with E-state index in [1.807, 2.05) is 12.1 Å². The van der Waals surface area contributed by atoms with E-state index in [0.717, 1.165) is 18.7 Å². The average molecular weight is 292 g/mol. The summed E-state index contributed by atoms with van der Waals surface area (Å²) in [5.41, 5.74) is 2.65. The summed E-state index contributed by atoms with van der Waals surface area (Å²) >= 11 is 0. The number of nitrogens with one attached hydrogen (secondary N) is 1. The molecule has 1 atom stereocenters. The van der Waals surface area contributed by atoms with E-state index in [9.17, 15) is 0 Å². The molecule has 1 N–H and O–H groups in total. The number of rotatable bonds is 6. The van der Waals surface area contributed by atoms with Gasteiger partial charge in [0.05, 0.1) is 7.11 Å². The monoisotopic (exact) mass is 291 g/mol. The first-order chi connectivity index (χ1) is 9.33. The Bertz CT molecular complexity index is 484. The Morgan fingerprint density at radius 2 is 1.65 bits per heavy atom. The van der Waals surface area contributed by atoms with Crippen molar-refractivity contribution in [2.75, 3.05) is 13.7 Å². The summed E-state index contributed by atoms with van der Waals surface area (Å²) in [4.78, 5) is 0. The lowest BCUT2D eigenvalue weighted by Crippen LogP contribution is -2.22. The molecule has 2 nitrogen and oxygen atoms in total. The van der Waals surface area contributed by atoms with Crippen molar-refractivity contribution >= 4 is 12.4 Å². The van der Waals surface area contributed by atoms with Crippen molar-refractivity contribution in [3.63, 3.8) is 0 Å². The van der Waals surface area contributed by atoms with Crippen molar-refractivity contribution in [1.82, 2.24) is 5.32 Å². The first-order valence-electron chi connectivity index (χ1n) is 6.74. The van der Waals surface area contributed by atoms with Crippen LogP contribution in [0, 0.1) is 0 Å². The minimum absolute atomic E-state index is 0. The zero-order valence-electron chi connectivity index (χ0n) is 12.0. The molecule has 0 saturated carbocycles. The van der Waals surface area contributed by atoms with Crippen molar-refractivity contribution < 1.29 is 4.74 Å². The molecule has 0 amide bonds. The molecule has 0 radical (unpaired) electrons. The van der Waals surface area contributed by atoms with Crippen LogP contribution in [0.3, 0.4) is 0 Å². The second kappa shape index (κ2) is 8.62. The van der Waals surface area contributed by atoms with E-state index < -0.39 is 0 Å². The predicted octanol–water partition coefficient (Wildman–Crippen LogP) is 4.01. The van der Waals surface area contributed by atoms with Gasteiger partial charge in [0.2, 0.25) is 0 Å². The van der Waals surface area contributed by atoms with E-state index in [-0.39, 0.29) is 12.4 Å². The summed E-state index contributed by atoms with van der Waals surface area (Å²) in [6.07, 6.45) is 1.00. The van der Waals surface area contributed by atoms with E-state index >= 15 is 0 Å². The number of likely N-dealkylation sites (N-methyl/N-ethyl adjacent to an activating group) is 1. The van der Waals surface area contributed by atoms with Gasteiger partial charge in [0.15, 0.2) is 0 Å². The molecule has 1 unspecified atom stereocenters. The highest BCUT2D eigenvalue weighted by Gasteiger charge is 2.10. The maximum Gasteiger partial charge on any atom is 0.118 e. The van der Waals surface area contributed by atoms with E-state index in [4.69, 9.17) is 4.74 Å². The third kappa shape index (κ3) is 4.55. The second-order valence-corrected chi connectivity index (χ2v) is 4.57. The van der Waals surface area contributed by atoms with Gasteiger partial charge in [-0.1, -0.05) is 49.4 Å². The Hall–Kier alpha value is -1.51. The van der Waals surface area contributed by atoms with Gasteiger partial charge in [-0.05, 0) is 36.2 Å². The molecule has 0 saturated heterocycles. The van der Waals surface area contributed by atoms with Crippen molar-refractivity contribution in [2.24, 2.45) is 0 Å². The fraction of sp³-hybridized carbons (Fsp3) is 0.294. The van der Waals surface area contributed by atoms with Crippen LogP contribution in [0.5, 0.6) is 5.75 Å². The Kier molecular flexibility index (Phi) is 7.13. The molecule has 0 fully saturated rings. The predicted molar refractivity (Wildman–Crippen MR) is 86.8 cm³/mol. The summed E-state index contributed by atoms with van der Waals surface area (Å²) in [5.74, 6) is 0.902. The normalized spacial score (nSPS) is 11.5. The van der Waals surface area contributed by atoms with Crippen LogP contribution < -0.4 is 10.1 Å². The smallest absolute Gasteiger partial charge is 0.118 e. The quantitative estimate of drug-likeness (QED) is 0.868. The molecule has 2 aromatic carbocycles. The van der Waals surface area contributed by atoms with Crippen LogP contribution in [0.25, 0.3) is 0 Å². The number of hydrogen-bond donors (Lipinski definition) is 1. The number of ether oxygens (including phenoxy) is 1. The number of methoxy groups -OCH3 is 1. The third-order valence-electron chi connectivity index (χ3n) is 3.25. The minimum atomic E-state index is 0. The molecule has 0 aromatic heterocycles. The van der Waals surface area contributed by atoms with Gasteiger partial charge in [-0.3, -0.25) is 0 Å². The average Bonchev–Trinajstić information content (AvgIpc) is 2.48. The molecule has 0 aliphatic heterocycles. The minimum Gasteiger partial charge on any atom is -0.497 e. The molecule has 2 aromatic rings. The van der Waals surface area contributed by atoms with Gasteiger partial charge in [-0.2, -0.15) is 0 Å².